The van der Waals surface area contributed by atoms with Gasteiger partial charge < -0.3 is 9.64 Å². The molecule has 0 amide bonds. The van der Waals surface area contributed by atoms with Crippen LogP contribution in [0.1, 0.15) is 16.8 Å². The zero-order valence-corrected chi connectivity index (χ0v) is 12.6. The molecule has 1 aromatic heterocycles. The smallest absolute Gasteiger partial charge is 0.134 e. The number of hydrogen-bond acceptors (Lipinski definition) is 4. The molecule has 0 unspecified atom stereocenters. The van der Waals surface area contributed by atoms with E-state index in [-0.39, 0.29) is 0 Å². The lowest BCUT2D eigenvalue weighted by molar-refractivity contribution is 0.414. The van der Waals surface area contributed by atoms with Crippen LogP contribution in [0.5, 0.6) is 5.75 Å². The molecule has 1 heterocycles. The highest BCUT2D eigenvalue weighted by atomic mass is 16.5. The second-order valence-electron chi connectivity index (χ2n) is 4.93. The highest BCUT2D eigenvalue weighted by Crippen LogP contribution is 2.17. The van der Waals surface area contributed by atoms with Crippen molar-refractivity contribution in [3.63, 3.8) is 0 Å². The van der Waals surface area contributed by atoms with Crippen LogP contribution in [0, 0.1) is 13.8 Å². The number of ether oxygens (including phenoxy) is 1. The van der Waals surface area contributed by atoms with Gasteiger partial charge in [0.25, 0.3) is 0 Å². The van der Waals surface area contributed by atoms with Gasteiger partial charge in [-0.2, -0.15) is 0 Å². The largest absolute Gasteiger partial charge is 0.497 e. The normalized spacial score (nSPS) is 10.4. The number of benzene rings is 1. The van der Waals surface area contributed by atoms with Crippen LogP contribution in [0.25, 0.3) is 0 Å². The van der Waals surface area contributed by atoms with Crippen LogP contribution in [0.3, 0.4) is 0 Å². The van der Waals surface area contributed by atoms with Gasteiger partial charge in [-0.3, -0.25) is 0 Å². The predicted molar refractivity (Wildman–Crippen MR) is 81.5 cm³/mol. The summed E-state index contributed by atoms with van der Waals surface area (Å²) in [6.45, 7) is 5.00. The maximum Gasteiger partial charge on any atom is 0.134 e. The Morgan fingerprint density at radius 1 is 1.10 bits per heavy atom. The van der Waals surface area contributed by atoms with Crippen LogP contribution in [0.2, 0.25) is 0 Å². The van der Waals surface area contributed by atoms with E-state index in [0.29, 0.717) is 0 Å². The Bertz CT molecular complexity index is 566. The van der Waals surface area contributed by atoms with Crippen molar-refractivity contribution in [2.75, 3.05) is 25.6 Å². The van der Waals surface area contributed by atoms with Gasteiger partial charge in [0, 0.05) is 24.8 Å². The average molecular weight is 271 g/mol. The molecular formula is C16H21N3O. The molecule has 106 valence electrons. The molecule has 0 aliphatic rings. The molecule has 0 aliphatic heterocycles. The van der Waals surface area contributed by atoms with Crippen molar-refractivity contribution in [1.82, 2.24) is 9.97 Å². The van der Waals surface area contributed by atoms with Crippen molar-refractivity contribution in [3.8, 4) is 5.75 Å². The van der Waals surface area contributed by atoms with Crippen LogP contribution in [-0.2, 0) is 6.42 Å². The zero-order chi connectivity index (χ0) is 14.5. The minimum absolute atomic E-state index is 0.893. The summed E-state index contributed by atoms with van der Waals surface area (Å²) in [4.78, 5) is 10.8. The van der Waals surface area contributed by atoms with Crippen LogP contribution in [0.4, 0.5) is 5.82 Å². The molecular weight excluding hydrogens is 250 g/mol. The zero-order valence-electron chi connectivity index (χ0n) is 12.6. The molecule has 0 spiro atoms. The fraction of sp³-hybridized carbons (Fsp3) is 0.375. The summed E-state index contributed by atoms with van der Waals surface area (Å²) in [5, 5.41) is 0. The first-order chi connectivity index (χ1) is 9.61. The second-order valence-corrected chi connectivity index (χ2v) is 4.93. The van der Waals surface area contributed by atoms with Gasteiger partial charge in [0.2, 0.25) is 0 Å². The Morgan fingerprint density at radius 3 is 2.45 bits per heavy atom. The van der Waals surface area contributed by atoms with Crippen molar-refractivity contribution in [2.45, 2.75) is 20.3 Å². The van der Waals surface area contributed by atoms with E-state index >= 15 is 0 Å². The molecule has 1 aromatic carbocycles. The first-order valence-corrected chi connectivity index (χ1v) is 6.74. The highest BCUT2D eigenvalue weighted by Gasteiger charge is 2.08. The third-order valence-corrected chi connectivity index (χ3v) is 3.57. The minimum Gasteiger partial charge on any atom is -0.497 e. The maximum absolute atomic E-state index is 5.17. The number of methoxy groups -OCH3 is 1. The van der Waals surface area contributed by atoms with E-state index in [4.69, 9.17) is 4.74 Å². The lowest BCUT2D eigenvalue weighted by Crippen LogP contribution is -2.22. The third-order valence-electron chi connectivity index (χ3n) is 3.57. The SMILES string of the molecule is COc1ccc(CCN(C)c2ncnc(C)c2C)cc1. The second kappa shape index (κ2) is 6.37. The molecule has 0 radical (unpaired) electrons. The van der Waals surface area contributed by atoms with Gasteiger partial charge in [0.1, 0.15) is 17.9 Å². The van der Waals surface area contributed by atoms with Crippen LogP contribution < -0.4 is 9.64 Å². The number of rotatable bonds is 5. The van der Waals surface area contributed by atoms with E-state index in [9.17, 15) is 0 Å². The van der Waals surface area contributed by atoms with Gasteiger partial charge in [-0.25, -0.2) is 9.97 Å². The molecule has 0 N–H and O–H groups in total. The number of aryl methyl sites for hydroxylation is 1. The van der Waals surface area contributed by atoms with E-state index in [1.165, 1.54) is 5.56 Å². The Balaban J connectivity index is 2.00. The third kappa shape index (κ3) is 3.26. The standard InChI is InChI=1S/C16H21N3O/c1-12-13(2)17-11-18-16(12)19(3)10-9-14-5-7-15(20-4)8-6-14/h5-8,11H,9-10H2,1-4H3. The fourth-order valence-electron chi connectivity index (χ4n) is 2.11. The van der Waals surface area contributed by atoms with Gasteiger partial charge in [0.15, 0.2) is 0 Å². The van der Waals surface area contributed by atoms with Crippen LogP contribution in [0.15, 0.2) is 30.6 Å². The quantitative estimate of drug-likeness (QED) is 0.838. The molecule has 20 heavy (non-hydrogen) atoms. The van der Waals surface area contributed by atoms with E-state index in [0.717, 1.165) is 35.8 Å². The molecule has 2 rings (SSSR count). The lowest BCUT2D eigenvalue weighted by atomic mass is 10.1. The van der Waals surface area contributed by atoms with Crippen molar-refractivity contribution >= 4 is 5.82 Å². The summed E-state index contributed by atoms with van der Waals surface area (Å²) in [7, 11) is 3.75. The first kappa shape index (κ1) is 14.3. The number of anilines is 1. The van der Waals surface area contributed by atoms with E-state index in [1.807, 2.05) is 19.1 Å². The van der Waals surface area contributed by atoms with Gasteiger partial charge in [0.05, 0.1) is 7.11 Å². The topological polar surface area (TPSA) is 38.2 Å². The number of hydrogen-bond donors (Lipinski definition) is 0. The summed E-state index contributed by atoms with van der Waals surface area (Å²) >= 11 is 0. The Labute approximate surface area is 120 Å². The lowest BCUT2D eigenvalue weighted by Gasteiger charge is -2.20. The summed E-state index contributed by atoms with van der Waals surface area (Å²) in [6.07, 6.45) is 2.60. The fourth-order valence-corrected chi connectivity index (χ4v) is 2.11. The summed E-state index contributed by atoms with van der Waals surface area (Å²) in [6, 6.07) is 8.19. The molecule has 2 aromatic rings. The van der Waals surface area contributed by atoms with Crippen LogP contribution >= 0.6 is 0 Å². The summed E-state index contributed by atoms with van der Waals surface area (Å²) in [5.74, 6) is 1.90. The highest BCUT2D eigenvalue weighted by molar-refractivity contribution is 5.46. The van der Waals surface area contributed by atoms with Crippen molar-refractivity contribution in [3.05, 3.63) is 47.4 Å². The van der Waals surface area contributed by atoms with E-state index in [2.05, 4.69) is 41.0 Å². The molecule has 0 bridgehead atoms. The molecule has 0 atom stereocenters. The van der Waals surface area contributed by atoms with Gasteiger partial charge in [-0.1, -0.05) is 12.1 Å². The average Bonchev–Trinajstić information content (AvgIpc) is 2.48. The van der Waals surface area contributed by atoms with Gasteiger partial charge in [-0.15, -0.1) is 0 Å². The molecule has 0 saturated heterocycles. The molecule has 0 saturated carbocycles. The van der Waals surface area contributed by atoms with E-state index < -0.39 is 0 Å². The van der Waals surface area contributed by atoms with E-state index in [1.54, 1.807) is 13.4 Å². The van der Waals surface area contributed by atoms with Crippen molar-refractivity contribution in [1.29, 1.82) is 0 Å². The first-order valence-electron chi connectivity index (χ1n) is 6.74. The van der Waals surface area contributed by atoms with Gasteiger partial charge >= 0.3 is 0 Å². The monoisotopic (exact) mass is 271 g/mol. The predicted octanol–water partition coefficient (Wildman–Crippen LogP) is 2.78. The molecule has 4 nitrogen and oxygen atoms in total. The minimum atomic E-state index is 0.893. The summed E-state index contributed by atoms with van der Waals surface area (Å²) in [5.41, 5.74) is 3.47. The Kier molecular flexibility index (Phi) is 4.56. The molecule has 0 aliphatic carbocycles. The number of aromatic nitrogens is 2. The number of nitrogens with zero attached hydrogens (tertiary/aromatic N) is 3. The van der Waals surface area contributed by atoms with Crippen LogP contribution in [-0.4, -0.2) is 30.7 Å². The van der Waals surface area contributed by atoms with Gasteiger partial charge in [-0.05, 0) is 38.0 Å². The van der Waals surface area contributed by atoms with Crippen molar-refractivity contribution in [2.24, 2.45) is 0 Å². The Morgan fingerprint density at radius 2 is 1.80 bits per heavy atom. The summed E-state index contributed by atoms with van der Waals surface area (Å²) < 4.78 is 5.17. The van der Waals surface area contributed by atoms with Crippen molar-refractivity contribution < 1.29 is 4.74 Å². The molecule has 4 heteroatoms. The maximum atomic E-state index is 5.17. The Hall–Kier alpha value is -2.10. The molecule has 0 fully saturated rings. The number of likely N-dealkylation sites (N-methyl/N-ethyl adjacent to an activating group) is 1.